The number of alkyl halides is 2. The number of likely N-dealkylation sites (N-methyl/N-ethyl adjacent to an activating group) is 1. The molecule has 0 spiro atoms. The zero-order valence-corrected chi connectivity index (χ0v) is 9.69. The summed E-state index contributed by atoms with van der Waals surface area (Å²) in [6, 6.07) is 3.13. The van der Waals surface area contributed by atoms with Crippen LogP contribution in [0.25, 0.3) is 0 Å². The molecule has 0 aliphatic rings. The Labute approximate surface area is 94.8 Å². The number of hydrogen-bond donors (Lipinski definition) is 1. The van der Waals surface area contributed by atoms with Gasteiger partial charge in [-0.25, -0.2) is 13.2 Å². The van der Waals surface area contributed by atoms with E-state index in [2.05, 4.69) is 21.2 Å². The molecule has 0 bridgehead atoms. The van der Waals surface area contributed by atoms with Gasteiger partial charge in [0, 0.05) is 4.47 Å². The molecule has 5 heteroatoms. The number of nitrogens with one attached hydrogen (secondary N) is 1. The zero-order valence-electron chi connectivity index (χ0n) is 8.11. The highest BCUT2D eigenvalue weighted by Crippen LogP contribution is 2.20. The maximum Gasteiger partial charge on any atom is 0.254 e. The lowest BCUT2D eigenvalue weighted by molar-refractivity contribution is 0.102. The van der Waals surface area contributed by atoms with Gasteiger partial charge in [-0.1, -0.05) is 22.0 Å². The van der Waals surface area contributed by atoms with Crippen molar-refractivity contribution in [2.45, 2.75) is 18.9 Å². The summed E-state index contributed by atoms with van der Waals surface area (Å²) in [5.41, 5.74) is 0.663. The van der Waals surface area contributed by atoms with E-state index in [1.807, 2.05) is 0 Å². The second kappa shape index (κ2) is 5.51. The van der Waals surface area contributed by atoms with Gasteiger partial charge in [-0.15, -0.1) is 0 Å². The first-order valence-electron chi connectivity index (χ1n) is 4.44. The van der Waals surface area contributed by atoms with Crippen LogP contribution in [0.2, 0.25) is 0 Å². The van der Waals surface area contributed by atoms with Gasteiger partial charge in [0.25, 0.3) is 6.43 Å². The van der Waals surface area contributed by atoms with Crippen LogP contribution in [0, 0.1) is 5.82 Å². The molecular weight excluding hydrogens is 271 g/mol. The Bertz CT molecular complexity index is 330. The van der Waals surface area contributed by atoms with Crippen molar-refractivity contribution in [3.63, 3.8) is 0 Å². The Balaban J connectivity index is 2.79. The van der Waals surface area contributed by atoms with Gasteiger partial charge in [-0.2, -0.15) is 0 Å². The zero-order chi connectivity index (χ0) is 11.4. The van der Waals surface area contributed by atoms with Crippen LogP contribution < -0.4 is 5.32 Å². The van der Waals surface area contributed by atoms with Gasteiger partial charge < -0.3 is 5.32 Å². The summed E-state index contributed by atoms with van der Waals surface area (Å²) in [5, 5.41) is 2.53. The lowest BCUT2D eigenvalue weighted by atomic mass is 10.1. The van der Waals surface area contributed by atoms with Gasteiger partial charge in [0.05, 0.1) is 6.04 Å². The molecule has 0 radical (unpaired) electrons. The molecule has 0 aromatic heterocycles. The lowest BCUT2D eigenvalue weighted by Gasteiger charge is -2.15. The van der Waals surface area contributed by atoms with Gasteiger partial charge in [-0.05, 0) is 31.2 Å². The molecule has 0 fully saturated rings. The Kier molecular flexibility index (Phi) is 4.60. The molecule has 0 saturated carbocycles. The maximum absolute atomic E-state index is 12.7. The molecule has 0 amide bonds. The van der Waals surface area contributed by atoms with E-state index in [0.717, 1.165) is 0 Å². The van der Waals surface area contributed by atoms with E-state index >= 15 is 0 Å². The highest BCUT2D eigenvalue weighted by molar-refractivity contribution is 9.10. The van der Waals surface area contributed by atoms with Crippen molar-refractivity contribution in [3.8, 4) is 0 Å². The Hall–Kier alpha value is -0.550. The summed E-state index contributed by atoms with van der Waals surface area (Å²) in [6.45, 7) is 0. The summed E-state index contributed by atoms with van der Waals surface area (Å²) >= 11 is 3.14. The summed E-state index contributed by atoms with van der Waals surface area (Å²) < 4.78 is 38.1. The highest BCUT2D eigenvalue weighted by Gasteiger charge is 2.19. The van der Waals surface area contributed by atoms with Crippen molar-refractivity contribution >= 4 is 15.9 Å². The molecule has 0 saturated heterocycles. The van der Waals surface area contributed by atoms with Crippen molar-refractivity contribution in [1.29, 1.82) is 0 Å². The SMILES string of the molecule is CNC(Cc1ccc(F)cc1Br)C(F)F. The Morgan fingerprint density at radius 1 is 1.40 bits per heavy atom. The standard InChI is InChI=1S/C10H11BrF3N/c1-15-9(10(13)14)4-6-2-3-7(12)5-8(6)11/h2-3,5,9-10,15H,4H2,1H3. The van der Waals surface area contributed by atoms with Crippen LogP contribution in [0.4, 0.5) is 13.2 Å². The minimum absolute atomic E-state index is 0.162. The van der Waals surface area contributed by atoms with Gasteiger partial charge in [0.15, 0.2) is 0 Å². The molecule has 1 rings (SSSR count). The van der Waals surface area contributed by atoms with Gasteiger partial charge in [-0.3, -0.25) is 0 Å². The normalized spacial score (nSPS) is 13.2. The molecule has 1 N–H and O–H groups in total. The quantitative estimate of drug-likeness (QED) is 0.895. The number of hydrogen-bond acceptors (Lipinski definition) is 1. The highest BCUT2D eigenvalue weighted by atomic mass is 79.9. The van der Waals surface area contributed by atoms with E-state index in [4.69, 9.17) is 0 Å². The summed E-state index contributed by atoms with van der Waals surface area (Å²) in [5.74, 6) is -0.385. The van der Waals surface area contributed by atoms with Crippen LogP contribution in [0.5, 0.6) is 0 Å². The first-order valence-corrected chi connectivity index (χ1v) is 5.23. The van der Waals surface area contributed by atoms with Crippen LogP contribution in [-0.4, -0.2) is 19.5 Å². The third-order valence-corrected chi connectivity index (χ3v) is 2.87. The van der Waals surface area contributed by atoms with E-state index < -0.39 is 12.5 Å². The summed E-state index contributed by atoms with van der Waals surface area (Å²) in [7, 11) is 1.48. The first kappa shape index (κ1) is 12.5. The van der Waals surface area contributed by atoms with Crippen molar-refractivity contribution in [2.24, 2.45) is 0 Å². The van der Waals surface area contributed by atoms with Gasteiger partial charge in [0.2, 0.25) is 0 Å². The molecule has 84 valence electrons. The molecule has 15 heavy (non-hydrogen) atoms. The fourth-order valence-electron chi connectivity index (χ4n) is 1.24. The molecular formula is C10H11BrF3N. The molecule has 1 nitrogen and oxygen atoms in total. The predicted molar refractivity (Wildman–Crippen MR) is 56.7 cm³/mol. The van der Waals surface area contributed by atoms with E-state index in [1.54, 1.807) is 0 Å². The Morgan fingerprint density at radius 2 is 2.07 bits per heavy atom. The van der Waals surface area contributed by atoms with Crippen LogP contribution in [0.3, 0.4) is 0 Å². The lowest BCUT2D eigenvalue weighted by Crippen LogP contribution is -2.34. The third kappa shape index (κ3) is 3.50. The topological polar surface area (TPSA) is 12.0 Å². The van der Waals surface area contributed by atoms with E-state index in [9.17, 15) is 13.2 Å². The summed E-state index contributed by atoms with van der Waals surface area (Å²) in [4.78, 5) is 0. The minimum Gasteiger partial charge on any atom is -0.312 e. The van der Waals surface area contributed by atoms with Crippen LogP contribution in [0.15, 0.2) is 22.7 Å². The third-order valence-electron chi connectivity index (χ3n) is 2.13. The predicted octanol–water partition coefficient (Wildman–Crippen LogP) is 2.98. The fraction of sp³-hybridized carbons (Fsp3) is 0.400. The molecule has 0 heterocycles. The number of rotatable bonds is 4. The number of halogens is 4. The van der Waals surface area contributed by atoms with Gasteiger partial charge >= 0.3 is 0 Å². The van der Waals surface area contributed by atoms with E-state index in [1.165, 1.54) is 25.2 Å². The van der Waals surface area contributed by atoms with Crippen molar-refractivity contribution in [3.05, 3.63) is 34.1 Å². The van der Waals surface area contributed by atoms with E-state index in [0.29, 0.717) is 10.0 Å². The van der Waals surface area contributed by atoms with Crippen molar-refractivity contribution < 1.29 is 13.2 Å². The van der Waals surface area contributed by atoms with Crippen LogP contribution >= 0.6 is 15.9 Å². The van der Waals surface area contributed by atoms with Crippen molar-refractivity contribution in [1.82, 2.24) is 5.32 Å². The Morgan fingerprint density at radius 3 is 2.53 bits per heavy atom. The molecule has 0 aliphatic heterocycles. The minimum atomic E-state index is -2.44. The summed E-state index contributed by atoms with van der Waals surface area (Å²) in [6.07, 6.45) is -2.28. The average molecular weight is 282 g/mol. The maximum atomic E-state index is 12.7. The van der Waals surface area contributed by atoms with Gasteiger partial charge in [0.1, 0.15) is 5.82 Å². The molecule has 1 atom stereocenters. The first-order chi connectivity index (χ1) is 7.04. The second-order valence-electron chi connectivity index (χ2n) is 3.17. The fourth-order valence-corrected chi connectivity index (χ4v) is 1.75. The monoisotopic (exact) mass is 281 g/mol. The second-order valence-corrected chi connectivity index (χ2v) is 4.02. The largest absolute Gasteiger partial charge is 0.312 e. The van der Waals surface area contributed by atoms with Crippen molar-refractivity contribution in [2.75, 3.05) is 7.05 Å². The molecule has 1 aromatic rings. The molecule has 1 aromatic carbocycles. The molecule has 0 aliphatic carbocycles. The number of benzene rings is 1. The smallest absolute Gasteiger partial charge is 0.254 e. The van der Waals surface area contributed by atoms with Crippen LogP contribution in [0.1, 0.15) is 5.56 Å². The van der Waals surface area contributed by atoms with Crippen LogP contribution in [-0.2, 0) is 6.42 Å². The average Bonchev–Trinajstić information content (AvgIpc) is 2.16. The van der Waals surface area contributed by atoms with E-state index in [-0.39, 0.29) is 12.2 Å². The molecule has 1 unspecified atom stereocenters.